The quantitative estimate of drug-likeness (QED) is 0.781. The molecule has 16 heavy (non-hydrogen) atoms. The SMILES string of the molecule is CC(C)CCC(C)N1CC(CN)CCC1C. The molecule has 0 aromatic heterocycles. The van der Waals surface area contributed by atoms with E-state index in [4.69, 9.17) is 5.73 Å². The van der Waals surface area contributed by atoms with E-state index in [1.165, 1.54) is 32.2 Å². The van der Waals surface area contributed by atoms with Gasteiger partial charge >= 0.3 is 0 Å². The van der Waals surface area contributed by atoms with Gasteiger partial charge in [0.15, 0.2) is 0 Å². The third-order valence-electron chi connectivity index (χ3n) is 4.09. The highest BCUT2D eigenvalue weighted by molar-refractivity contribution is 4.82. The van der Waals surface area contributed by atoms with E-state index in [1.54, 1.807) is 0 Å². The van der Waals surface area contributed by atoms with Crippen LogP contribution in [0.3, 0.4) is 0 Å². The van der Waals surface area contributed by atoms with E-state index < -0.39 is 0 Å². The van der Waals surface area contributed by atoms with E-state index in [1.807, 2.05) is 0 Å². The molecule has 1 aliphatic heterocycles. The van der Waals surface area contributed by atoms with Crippen LogP contribution in [0.1, 0.15) is 53.4 Å². The van der Waals surface area contributed by atoms with Gasteiger partial charge in [0.1, 0.15) is 0 Å². The molecular formula is C14H30N2. The minimum Gasteiger partial charge on any atom is -0.330 e. The Morgan fingerprint density at radius 3 is 2.44 bits per heavy atom. The van der Waals surface area contributed by atoms with Gasteiger partial charge in [0.25, 0.3) is 0 Å². The number of hydrogen-bond donors (Lipinski definition) is 1. The zero-order chi connectivity index (χ0) is 12.1. The number of hydrogen-bond acceptors (Lipinski definition) is 2. The Morgan fingerprint density at radius 1 is 1.19 bits per heavy atom. The number of likely N-dealkylation sites (tertiary alicyclic amines) is 1. The maximum Gasteiger partial charge on any atom is 0.00699 e. The fraction of sp³-hybridized carbons (Fsp3) is 1.00. The Kier molecular flexibility index (Phi) is 5.77. The van der Waals surface area contributed by atoms with Gasteiger partial charge in [-0.1, -0.05) is 13.8 Å². The lowest BCUT2D eigenvalue weighted by Crippen LogP contribution is -2.48. The summed E-state index contributed by atoms with van der Waals surface area (Å²) in [5.41, 5.74) is 5.81. The summed E-state index contributed by atoms with van der Waals surface area (Å²) in [5.74, 6) is 1.56. The van der Waals surface area contributed by atoms with Gasteiger partial charge in [-0.15, -0.1) is 0 Å². The Morgan fingerprint density at radius 2 is 1.88 bits per heavy atom. The molecule has 0 amide bonds. The van der Waals surface area contributed by atoms with Crippen molar-refractivity contribution in [3.8, 4) is 0 Å². The first-order valence-corrected chi connectivity index (χ1v) is 7.00. The van der Waals surface area contributed by atoms with Crippen molar-refractivity contribution in [3.63, 3.8) is 0 Å². The smallest absolute Gasteiger partial charge is 0.00699 e. The van der Waals surface area contributed by atoms with Crippen LogP contribution in [-0.4, -0.2) is 30.1 Å². The maximum absolute atomic E-state index is 5.81. The standard InChI is InChI=1S/C14H30N2/c1-11(2)5-6-12(3)16-10-14(9-15)8-7-13(16)4/h11-14H,5-10,15H2,1-4H3. The van der Waals surface area contributed by atoms with Gasteiger partial charge in [0.2, 0.25) is 0 Å². The van der Waals surface area contributed by atoms with Crippen LogP contribution in [0, 0.1) is 11.8 Å². The highest BCUT2D eigenvalue weighted by atomic mass is 15.2. The first-order valence-electron chi connectivity index (χ1n) is 7.00. The highest BCUT2D eigenvalue weighted by Gasteiger charge is 2.27. The second-order valence-electron chi connectivity index (χ2n) is 6.05. The van der Waals surface area contributed by atoms with Crippen LogP contribution < -0.4 is 5.73 Å². The van der Waals surface area contributed by atoms with E-state index in [0.29, 0.717) is 0 Å². The average molecular weight is 226 g/mol. The summed E-state index contributed by atoms with van der Waals surface area (Å²) in [7, 11) is 0. The Balaban J connectivity index is 2.42. The van der Waals surface area contributed by atoms with Gasteiger partial charge in [-0.05, 0) is 57.9 Å². The van der Waals surface area contributed by atoms with Gasteiger partial charge in [0.05, 0.1) is 0 Å². The molecule has 0 saturated carbocycles. The lowest BCUT2D eigenvalue weighted by Gasteiger charge is -2.41. The van der Waals surface area contributed by atoms with Crippen molar-refractivity contribution in [3.05, 3.63) is 0 Å². The molecule has 1 heterocycles. The molecule has 0 aromatic rings. The summed E-state index contributed by atoms with van der Waals surface area (Å²) in [6.07, 6.45) is 5.33. The summed E-state index contributed by atoms with van der Waals surface area (Å²) in [6, 6.07) is 1.48. The molecule has 2 heteroatoms. The van der Waals surface area contributed by atoms with Crippen molar-refractivity contribution in [2.75, 3.05) is 13.1 Å². The molecule has 2 nitrogen and oxygen atoms in total. The Bertz CT molecular complexity index is 191. The van der Waals surface area contributed by atoms with Crippen molar-refractivity contribution < 1.29 is 0 Å². The molecule has 3 atom stereocenters. The number of nitrogens with zero attached hydrogens (tertiary/aromatic N) is 1. The molecule has 1 saturated heterocycles. The van der Waals surface area contributed by atoms with Crippen molar-refractivity contribution in [1.82, 2.24) is 4.90 Å². The number of piperidine rings is 1. The predicted molar refractivity (Wildman–Crippen MR) is 71.5 cm³/mol. The predicted octanol–water partition coefficient (Wildman–Crippen LogP) is 2.87. The molecule has 0 spiro atoms. The molecule has 2 N–H and O–H groups in total. The average Bonchev–Trinajstić information content (AvgIpc) is 2.26. The highest BCUT2D eigenvalue weighted by Crippen LogP contribution is 2.25. The first kappa shape index (κ1) is 14.0. The third-order valence-corrected chi connectivity index (χ3v) is 4.09. The van der Waals surface area contributed by atoms with Crippen LogP contribution in [-0.2, 0) is 0 Å². The molecule has 3 unspecified atom stereocenters. The van der Waals surface area contributed by atoms with Crippen LogP contribution in [0.25, 0.3) is 0 Å². The summed E-state index contributed by atoms with van der Waals surface area (Å²) < 4.78 is 0. The molecular weight excluding hydrogens is 196 g/mol. The van der Waals surface area contributed by atoms with Gasteiger partial charge in [0, 0.05) is 18.6 Å². The van der Waals surface area contributed by atoms with E-state index >= 15 is 0 Å². The molecule has 1 aliphatic rings. The Labute approximate surface area is 102 Å². The number of nitrogens with two attached hydrogens (primary N) is 1. The molecule has 0 aliphatic carbocycles. The van der Waals surface area contributed by atoms with Gasteiger partial charge in [-0.2, -0.15) is 0 Å². The van der Waals surface area contributed by atoms with Gasteiger partial charge < -0.3 is 5.73 Å². The van der Waals surface area contributed by atoms with Crippen LogP contribution in [0.2, 0.25) is 0 Å². The van der Waals surface area contributed by atoms with Crippen LogP contribution >= 0.6 is 0 Å². The summed E-state index contributed by atoms with van der Waals surface area (Å²) in [6.45, 7) is 11.5. The zero-order valence-corrected chi connectivity index (χ0v) is 11.6. The monoisotopic (exact) mass is 226 g/mol. The molecule has 0 bridgehead atoms. The summed E-state index contributed by atoms with van der Waals surface area (Å²) in [4.78, 5) is 2.68. The van der Waals surface area contributed by atoms with E-state index in [2.05, 4.69) is 32.6 Å². The van der Waals surface area contributed by atoms with Crippen molar-refractivity contribution in [2.45, 2.75) is 65.5 Å². The minimum atomic E-state index is 0.728. The van der Waals surface area contributed by atoms with E-state index in [9.17, 15) is 0 Å². The fourth-order valence-corrected chi connectivity index (χ4v) is 2.76. The first-order chi connectivity index (χ1) is 7.54. The lowest BCUT2D eigenvalue weighted by atomic mass is 9.91. The van der Waals surface area contributed by atoms with Crippen LogP contribution in [0.15, 0.2) is 0 Å². The molecule has 0 radical (unpaired) electrons. The van der Waals surface area contributed by atoms with E-state index in [0.717, 1.165) is 30.5 Å². The summed E-state index contributed by atoms with van der Waals surface area (Å²) >= 11 is 0. The number of rotatable bonds is 5. The van der Waals surface area contributed by atoms with Crippen molar-refractivity contribution >= 4 is 0 Å². The zero-order valence-electron chi connectivity index (χ0n) is 11.6. The van der Waals surface area contributed by atoms with Crippen LogP contribution in [0.5, 0.6) is 0 Å². The van der Waals surface area contributed by atoms with Crippen LogP contribution in [0.4, 0.5) is 0 Å². The van der Waals surface area contributed by atoms with Crippen molar-refractivity contribution in [2.24, 2.45) is 17.6 Å². The van der Waals surface area contributed by atoms with Gasteiger partial charge in [-0.3, -0.25) is 4.90 Å². The lowest BCUT2D eigenvalue weighted by molar-refractivity contribution is 0.0750. The Hall–Kier alpha value is -0.0800. The molecule has 0 aromatic carbocycles. The van der Waals surface area contributed by atoms with Crippen molar-refractivity contribution in [1.29, 1.82) is 0 Å². The minimum absolute atomic E-state index is 0.728. The maximum atomic E-state index is 5.81. The second kappa shape index (κ2) is 6.61. The molecule has 96 valence electrons. The molecule has 1 rings (SSSR count). The largest absolute Gasteiger partial charge is 0.330 e. The topological polar surface area (TPSA) is 29.3 Å². The summed E-state index contributed by atoms with van der Waals surface area (Å²) in [5, 5.41) is 0. The fourth-order valence-electron chi connectivity index (χ4n) is 2.76. The van der Waals surface area contributed by atoms with Gasteiger partial charge in [-0.25, -0.2) is 0 Å². The molecule has 1 fully saturated rings. The second-order valence-corrected chi connectivity index (χ2v) is 6.05. The third kappa shape index (κ3) is 4.06. The van der Waals surface area contributed by atoms with E-state index in [-0.39, 0.29) is 0 Å². The normalized spacial score (nSPS) is 29.6.